The zero-order valence-corrected chi connectivity index (χ0v) is 10.9. The number of hydrogen-bond donors (Lipinski definition) is 1. The Morgan fingerprint density at radius 2 is 2.25 bits per heavy atom. The van der Waals surface area contributed by atoms with Crippen LogP contribution >= 0.6 is 0 Å². The Labute approximate surface area is 114 Å². The number of esters is 1. The molecule has 1 N–H and O–H groups in total. The third-order valence-corrected chi connectivity index (χ3v) is 3.23. The SMILES string of the molecule is COC(=O)c1ccc2c(c1)-n1cnc(C)c1C(=C=O)N2. The number of hydrogen-bond acceptors (Lipinski definition) is 5. The van der Waals surface area contributed by atoms with Crippen molar-refractivity contribution in [1.82, 2.24) is 9.55 Å². The largest absolute Gasteiger partial charge is 0.465 e. The lowest BCUT2D eigenvalue weighted by molar-refractivity contribution is 0.0600. The van der Waals surface area contributed by atoms with Crippen LogP contribution in [-0.4, -0.2) is 28.6 Å². The van der Waals surface area contributed by atoms with Gasteiger partial charge in [0.25, 0.3) is 0 Å². The zero-order chi connectivity index (χ0) is 14.3. The molecule has 100 valence electrons. The number of rotatable bonds is 1. The summed E-state index contributed by atoms with van der Waals surface area (Å²) in [5.74, 6) is 1.47. The van der Waals surface area contributed by atoms with Gasteiger partial charge in [0.15, 0.2) is 11.6 Å². The van der Waals surface area contributed by atoms with Crippen LogP contribution in [0, 0.1) is 6.92 Å². The van der Waals surface area contributed by atoms with E-state index in [1.54, 1.807) is 36.0 Å². The number of aromatic nitrogens is 2. The molecule has 0 radical (unpaired) electrons. The number of imidazole rings is 1. The van der Waals surface area contributed by atoms with E-state index in [1.807, 2.05) is 5.94 Å². The van der Waals surface area contributed by atoms with Gasteiger partial charge >= 0.3 is 5.97 Å². The number of nitrogens with one attached hydrogen (secondary N) is 1. The van der Waals surface area contributed by atoms with Crippen LogP contribution in [0.5, 0.6) is 0 Å². The molecule has 1 aromatic carbocycles. The summed E-state index contributed by atoms with van der Waals surface area (Å²) in [7, 11) is 1.33. The van der Waals surface area contributed by atoms with Crippen LogP contribution in [0.4, 0.5) is 5.69 Å². The summed E-state index contributed by atoms with van der Waals surface area (Å²) in [5, 5.41) is 2.99. The van der Waals surface area contributed by atoms with E-state index in [9.17, 15) is 9.59 Å². The number of carbonyl (C=O) groups is 1. The molecule has 0 bridgehead atoms. The first-order valence-electron chi connectivity index (χ1n) is 5.95. The van der Waals surface area contributed by atoms with Crippen LogP contribution in [-0.2, 0) is 9.53 Å². The molecule has 0 saturated carbocycles. The highest BCUT2D eigenvalue weighted by Gasteiger charge is 2.24. The first kappa shape index (κ1) is 12.2. The summed E-state index contributed by atoms with van der Waals surface area (Å²) in [6.45, 7) is 1.81. The van der Waals surface area contributed by atoms with Crippen molar-refractivity contribution in [3.63, 3.8) is 0 Å². The average Bonchev–Trinajstić information content (AvgIpc) is 2.87. The number of anilines is 1. The van der Waals surface area contributed by atoms with Gasteiger partial charge in [0.05, 0.1) is 29.7 Å². The van der Waals surface area contributed by atoms with E-state index in [0.29, 0.717) is 28.3 Å². The highest BCUT2D eigenvalue weighted by molar-refractivity contribution is 5.99. The smallest absolute Gasteiger partial charge is 0.337 e. The Bertz CT molecular complexity index is 770. The standard InChI is InChI=1S/C14H11N3O3/c1-8-13-11(6-18)16-10-4-3-9(14(19)20-2)5-12(10)17(13)7-15-8/h3-5,7,16H,1-2H3. The Morgan fingerprint density at radius 3 is 2.95 bits per heavy atom. The molecule has 2 heterocycles. The monoisotopic (exact) mass is 269 g/mol. The summed E-state index contributed by atoms with van der Waals surface area (Å²) >= 11 is 0. The molecule has 3 rings (SSSR count). The minimum Gasteiger partial charge on any atom is -0.465 e. The van der Waals surface area contributed by atoms with E-state index in [-0.39, 0.29) is 0 Å². The van der Waals surface area contributed by atoms with E-state index in [4.69, 9.17) is 4.74 Å². The molecule has 0 aliphatic carbocycles. The van der Waals surface area contributed by atoms with Crippen molar-refractivity contribution in [2.45, 2.75) is 6.92 Å². The molecule has 6 heteroatoms. The third-order valence-electron chi connectivity index (χ3n) is 3.23. The highest BCUT2D eigenvalue weighted by atomic mass is 16.5. The fourth-order valence-electron chi connectivity index (χ4n) is 2.27. The summed E-state index contributed by atoms with van der Waals surface area (Å²) in [5.41, 5.74) is 3.57. The quantitative estimate of drug-likeness (QED) is 0.628. The van der Waals surface area contributed by atoms with Crippen molar-refractivity contribution in [2.24, 2.45) is 0 Å². The number of methoxy groups -OCH3 is 1. The van der Waals surface area contributed by atoms with Gasteiger partial charge in [-0.05, 0) is 25.1 Å². The number of ether oxygens (including phenoxy) is 1. The Balaban J connectivity index is 2.24. The van der Waals surface area contributed by atoms with E-state index < -0.39 is 5.97 Å². The fourth-order valence-corrected chi connectivity index (χ4v) is 2.27. The topological polar surface area (TPSA) is 73.2 Å². The maximum atomic E-state index is 11.6. The fraction of sp³-hybridized carbons (Fsp3) is 0.143. The lowest BCUT2D eigenvalue weighted by Gasteiger charge is -2.22. The molecule has 0 spiro atoms. The summed E-state index contributed by atoms with van der Waals surface area (Å²) in [6, 6.07) is 5.05. The van der Waals surface area contributed by atoms with Gasteiger partial charge in [-0.25, -0.2) is 14.6 Å². The molecule has 1 aromatic heterocycles. The number of carbonyl (C=O) groups excluding carboxylic acids is 2. The van der Waals surface area contributed by atoms with E-state index >= 15 is 0 Å². The van der Waals surface area contributed by atoms with E-state index in [1.165, 1.54) is 7.11 Å². The second-order valence-corrected chi connectivity index (χ2v) is 4.37. The van der Waals surface area contributed by atoms with Crippen LogP contribution in [0.25, 0.3) is 11.4 Å². The first-order valence-corrected chi connectivity index (χ1v) is 5.95. The number of benzene rings is 1. The molecule has 1 aliphatic rings. The summed E-state index contributed by atoms with van der Waals surface area (Å²) < 4.78 is 6.47. The number of nitrogens with zero attached hydrogens (tertiary/aromatic N) is 2. The van der Waals surface area contributed by atoms with Crippen molar-refractivity contribution in [3.05, 3.63) is 41.5 Å². The van der Waals surface area contributed by atoms with E-state index in [0.717, 1.165) is 5.69 Å². The lowest BCUT2D eigenvalue weighted by atomic mass is 10.1. The summed E-state index contributed by atoms with van der Waals surface area (Å²) in [6.07, 6.45) is 1.61. The minimum absolute atomic E-state index is 0.332. The molecule has 20 heavy (non-hydrogen) atoms. The van der Waals surface area contributed by atoms with Crippen molar-refractivity contribution >= 4 is 23.3 Å². The van der Waals surface area contributed by atoms with Crippen molar-refractivity contribution in [1.29, 1.82) is 0 Å². The predicted molar refractivity (Wildman–Crippen MR) is 72.4 cm³/mol. The van der Waals surface area contributed by atoms with Gasteiger partial charge in [0.1, 0.15) is 12.0 Å². The Kier molecular flexibility index (Phi) is 2.66. The van der Waals surface area contributed by atoms with Crippen LogP contribution in [0.15, 0.2) is 24.5 Å². The van der Waals surface area contributed by atoms with Crippen LogP contribution in [0.2, 0.25) is 0 Å². The van der Waals surface area contributed by atoms with Crippen molar-refractivity contribution in [2.75, 3.05) is 12.4 Å². The molecular weight excluding hydrogens is 258 g/mol. The molecule has 0 saturated heterocycles. The van der Waals surface area contributed by atoms with Crippen LogP contribution < -0.4 is 5.32 Å². The Morgan fingerprint density at radius 1 is 1.45 bits per heavy atom. The molecule has 0 amide bonds. The van der Waals surface area contributed by atoms with Gasteiger partial charge in [0, 0.05) is 0 Å². The normalized spacial score (nSPS) is 12.0. The molecular formula is C14H11N3O3. The molecule has 6 nitrogen and oxygen atoms in total. The maximum absolute atomic E-state index is 11.6. The molecule has 0 fully saturated rings. The van der Waals surface area contributed by atoms with E-state index in [2.05, 4.69) is 10.3 Å². The van der Waals surface area contributed by atoms with Gasteiger partial charge in [0.2, 0.25) is 0 Å². The van der Waals surface area contributed by atoms with Crippen LogP contribution in [0.3, 0.4) is 0 Å². The Hall–Kier alpha value is -2.85. The van der Waals surface area contributed by atoms with Crippen LogP contribution in [0.1, 0.15) is 21.7 Å². The minimum atomic E-state index is -0.414. The molecule has 2 aromatic rings. The third kappa shape index (κ3) is 1.63. The second-order valence-electron chi connectivity index (χ2n) is 4.37. The highest BCUT2D eigenvalue weighted by Crippen LogP contribution is 2.33. The zero-order valence-electron chi connectivity index (χ0n) is 10.9. The number of aryl methyl sites for hydroxylation is 1. The average molecular weight is 269 g/mol. The second kappa shape index (κ2) is 4.36. The molecule has 0 unspecified atom stereocenters. The van der Waals surface area contributed by atoms with Crippen molar-refractivity contribution in [3.8, 4) is 5.69 Å². The molecule has 1 aliphatic heterocycles. The van der Waals surface area contributed by atoms with Gasteiger partial charge in [-0.1, -0.05) is 0 Å². The van der Waals surface area contributed by atoms with Gasteiger partial charge in [-0.2, -0.15) is 0 Å². The van der Waals surface area contributed by atoms with Gasteiger partial charge in [-0.3, -0.25) is 4.57 Å². The number of fused-ring (bicyclic) bond motifs is 3. The predicted octanol–water partition coefficient (Wildman–Crippen LogP) is 1.57. The van der Waals surface area contributed by atoms with Gasteiger partial charge < -0.3 is 10.1 Å². The molecule has 0 atom stereocenters. The van der Waals surface area contributed by atoms with Gasteiger partial charge in [-0.15, -0.1) is 0 Å². The maximum Gasteiger partial charge on any atom is 0.337 e. The summed E-state index contributed by atoms with van der Waals surface area (Å²) in [4.78, 5) is 26.9. The first-order chi connectivity index (χ1) is 9.65. The lowest BCUT2D eigenvalue weighted by Crippen LogP contribution is -2.15. The van der Waals surface area contributed by atoms with Crippen molar-refractivity contribution < 1.29 is 14.3 Å².